The lowest BCUT2D eigenvalue weighted by atomic mass is 9.80. The van der Waals surface area contributed by atoms with Gasteiger partial charge in [-0.3, -0.25) is 0 Å². The second-order valence-electron chi connectivity index (χ2n) is 5.23. The Bertz CT molecular complexity index is 549. The van der Waals surface area contributed by atoms with E-state index < -0.39 is 5.60 Å². The predicted molar refractivity (Wildman–Crippen MR) is 72.4 cm³/mol. The molecule has 0 spiro atoms. The van der Waals surface area contributed by atoms with Gasteiger partial charge >= 0.3 is 0 Å². The van der Waals surface area contributed by atoms with Crippen LogP contribution in [0.15, 0.2) is 42.5 Å². The molecule has 1 aliphatic heterocycles. The summed E-state index contributed by atoms with van der Waals surface area (Å²) in [6, 6.07) is 14.3. The zero-order valence-corrected chi connectivity index (χ0v) is 10.6. The summed E-state index contributed by atoms with van der Waals surface area (Å²) in [5.41, 5.74) is 0.188. The predicted octanol–water partition coefficient (Wildman–Crippen LogP) is 3.08. The number of rotatable bonds is 2. The monoisotopic (exact) mass is 242 g/mol. The fourth-order valence-electron chi connectivity index (χ4n) is 2.86. The van der Waals surface area contributed by atoms with E-state index in [4.69, 9.17) is 4.74 Å². The maximum atomic E-state index is 10.9. The number of hydrogen-bond donors (Lipinski definition) is 1. The third-order valence-corrected chi connectivity index (χ3v) is 4.06. The first kappa shape index (κ1) is 11.7. The highest BCUT2D eigenvalue weighted by Crippen LogP contribution is 2.37. The quantitative estimate of drug-likeness (QED) is 0.877. The van der Waals surface area contributed by atoms with Gasteiger partial charge in [-0.15, -0.1) is 0 Å². The molecule has 1 fully saturated rings. The van der Waals surface area contributed by atoms with Crippen molar-refractivity contribution in [2.24, 2.45) is 5.92 Å². The van der Waals surface area contributed by atoms with E-state index in [2.05, 4.69) is 18.2 Å². The van der Waals surface area contributed by atoms with Gasteiger partial charge in [-0.2, -0.15) is 0 Å². The number of hydrogen-bond acceptors (Lipinski definition) is 2. The lowest BCUT2D eigenvalue weighted by Gasteiger charge is -2.30. The van der Waals surface area contributed by atoms with Crippen molar-refractivity contribution in [2.45, 2.75) is 18.9 Å². The lowest BCUT2D eigenvalue weighted by molar-refractivity contribution is -0.00840. The van der Waals surface area contributed by atoms with Crippen LogP contribution in [-0.2, 0) is 10.3 Å². The van der Waals surface area contributed by atoms with Crippen LogP contribution in [0.5, 0.6) is 0 Å². The normalized spacial score (nSPS) is 23.1. The molecule has 2 heteroatoms. The first-order chi connectivity index (χ1) is 8.69. The van der Waals surface area contributed by atoms with Gasteiger partial charge in [-0.1, -0.05) is 42.5 Å². The standard InChI is InChI=1S/C16H18O2/c1-16(17,13-9-10-18-11-13)15-8-4-6-12-5-2-3-7-14(12)15/h2-8,13,17H,9-11H2,1H3. The molecule has 18 heavy (non-hydrogen) atoms. The van der Waals surface area contributed by atoms with Gasteiger partial charge in [0, 0.05) is 12.5 Å². The van der Waals surface area contributed by atoms with Crippen molar-refractivity contribution in [1.82, 2.24) is 0 Å². The molecule has 1 N–H and O–H groups in total. The van der Waals surface area contributed by atoms with Gasteiger partial charge in [0.2, 0.25) is 0 Å². The minimum absolute atomic E-state index is 0.184. The summed E-state index contributed by atoms with van der Waals surface area (Å²) in [5.74, 6) is 0.184. The van der Waals surface area contributed by atoms with Crippen LogP contribution in [0.2, 0.25) is 0 Å². The molecule has 2 nitrogen and oxygen atoms in total. The van der Waals surface area contributed by atoms with E-state index in [0.29, 0.717) is 6.61 Å². The third kappa shape index (κ3) is 1.82. The van der Waals surface area contributed by atoms with E-state index in [1.54, 1.807) is 0 Å². The van der Waals surface area contributed by atoms with E-state index in [9.17, 15) is 5.11 Å². The summed E-state index contributed by atoms with van der Waals surface area (Å²) in [7, 11) is 0. The van der Waals surface area contributed by atoms with Gasteiger partial charge in [0.25, 0.3) is 0 Å². The Morgan fingerprint density at radius 2 is 1.94 bits per heavy atom. The molecule has 3 rings (SSSR count). The highest BCUT2D eigenvalue weighted by atomic mass is 16.5. The molecule has 2 aromatic carbocycles. The van der Waals surface area contributed by atoms with Crippen LogP contribution in [0.1, 0.15) is 18.9 Å². The topological polar surface area (TPSA) is 29.5 Å². The molecule has 0 aromatic heterocycles. The van der Waals surface area contributed by atoms with Crippen LogP contribution < -0.4 is 0 Å². The highest BCUT2D eigenvalue weighted by Gasteiger charge is 2.37. The molecule has 1 saturated heterocycles. The fraction of sp³-hybridized carbons (Fsp3) is 0.375. The van der Waals surface area contributed by atoms with Gasteiger partial charge < -0.3 is 9.84 Å². The van der Waals surface area contributed by atoms with Crippen LogP contribution in [-0.4, -0.2) is 18.3 Å². The average Bonchev–Trinajstić information content (AvgIpc) is 2.92. The summed E-state index contributed by atoms with van der Waals surface area (Å²) in [5, 5.41) is 13.2. The first-order valence-electron chi connectivity index (χ1n) is 6.48. The molecule has 2 unspecified atom stereocenters. The Morgan fingerprint density at radius 1 is 1.17 bits per heavy atom. The SMILES string of the molecule is CC(O)(c1cccc2ccccc12)C1CCOC1. The Kier molecular flexibility index (Phi) is 2.84. The summed E-state index contributed by atoms with van der Waals surface area (Å²) in [4.78, 5) is 0. The minimum Gasteiger partial charge on any atom is -0.385 e. The summed E-state index contributed by atoms with van der Waals surface area (Å²) in [6.07, 6.45) is 0.927. The van der Waals surface area contributed by atoms with Crippen molar-refractivity contribution in [1.29, 1.82) is 0 Å². The Hall–Kier alpha value is -1.38. The molecule has 0 bridgehead atoms. The van der Waals surface area contributed by atoms with Crippen molar-refractivity contribution in [3.05, 3.63) is 48.0 Å². The van der Waals surface area contributed by atoms with Gasteiger partial charge in [0.15, 0.2) is 0 Å². The van der Waals surface area contributed by atoms with E-state index in [-0.39, 0.29) is 5.92 Å². The summed E-state index contributed by atoms with van der Waals surface area (Å²) >= 11 is 0. The molecule has 1 aliphatic rings. The lowest BCUT2D eigenvalue weighted by Crippen LogP contribution is -2.32. The minimum atomic E-state index is -0.822. The number of fused-ring (bicyclic) bond motifs is 1. The van der Waals surface area contributed by atoms with Crippen molar-refractivity contribution in [3.63, 3.8) is 0 Å². The molecule has 1 heterocycles. The second kappa shape index (κ2) is 4.38. The molecular formula is C16H18O2. The van der Waals surface area contributed by atoms with Crippen molar-refractivity contribution in [2.75, 3.05) is 13.2 Å². The van der Waals surface area contributed by atoms with Gasteiger partial charge in [-0.25, -0.2) is 0 Å². The number of ether oxygens (including phenoxy) is 1. The smallest absolute Gasteiger partial charge is 0.0925 e. The molecule has 0 radical (unpaired) electrons. The zero-order chi connectivity index (χ0) is 12.6. The molecular weight excluding hydrogens is 224 g/mol. The molecule has 0 saturated carbocycles. The van der Waals surface area contributed by atoms with Crippen LogP contribution >= 0.6 is 0 Å². The van der Waals surface area contributed by atoms with Crippen LogP contribution in [0.4, 0.5) is 0 Å². The van der Waals surface area contributed by atoms with Crippen LogP contribution in [0.25, 0.3) is 10.8 Å². The molecule has 0 aliphatic carbocycles. The highest BCUT2D eigenvalue weighted by molar-refractivity contribution is 5.86. The number of benzene rings is 2. The molecule has 2 atom stereocenters. The maximum Gasteiger partial charge on any atom is 0.0925 e. The molecule has 0 amide bonds. The Labute approximate surface area is 107 Å². The van der Waals surface area contributed by atoms with Crippen LogP contribution in [0.3, 0.4) is 0 Å². The molecule has 94 valence electrons. The zero-order valence-electron chi connectivity index (χ0n) is 10.6. The molecule has 2 aromatic rings. The van der Waals surface area contributed by atoms with Crippen molar-refractivity contribution in [3.8, 4) is 0 Å². The Morgan fingerprint density at radius 3 is 2.72 bits per heavy atom. The van der Waals surface area contributed by atoms with E-state index >= 15 is 0 Å². The van der Waals surface area contributed by atoms with Crippen LogP contribution in [0, 0.1) is 5.92 Å². The average molecular weight is 242 g/mol. The van der Waals surface area contributed by atoms with Crippen molar-refractivity contribution < 1.29 is 9.84 Å². The first-order valence-corrected chi connectivity index (χ1v) is 6.48. The largest absolute Gasteiger partial charge is 0.385 e. The van der Waals surface area contributed by atoms with Gasteiger partial charge in [-0.05, 0) is 29.7 Å². The van der Waals surface area contributed by atoms with Gasteiger partial charge in [0.05, 0.1) is 12.2 Å². The van der Waals surface area contributed by atoms with E-state index in [1.807, 2.05) is 31.2 Å². The number of aliphatic hydroxyl groups is 1. The summed E-state index contributed by atoms with van der Waals surface area (Å²) < 4.78 is 5.42. The van der Waals surface area contributed by atoms with E-state index in [0.717, 1.165) is 24.0 Å². The van der Waals surface area contributed by atoms with E-state index in [1.165, 1.54) is 5.39 Å². The third-order valence-electron chi connectivity index (χ3n) is 4.06. The summed E-state index contributed by atoms with van der Waals surface area (Å²) in [6.45, 7) is 3.32. The van der Waals surface area contributed by atoms with Gasteiger partial charge in [0.1, 0.15) is 0 Å². The fourth-order valence-corrected chi connectivity index (χ4v) is 2.86. The van der Waals surface area contributed by atoms with Crippen molar-refractivity contribution >= 4 is 10.8 Å². The Balaban J connectivity index is 2.13. The second-order valence-corrected chi connectivity index (χ2v) is 5.23. The maximum absolute atomic E-state index is 10.9.